The number of carbonyl (C=O) groups is 1. The molecule has 0 saturated carbocycles. The van der Waals surface area contributed by atoms with E-state index >= 15 is 0 Å². The molecule has 0 amide bonds. The molecule has 0 aliphatic rings. The van der Waals surface area contributed by atoms with Gasteiger partial charge in [0.15, 0.2) is 5.12 Å². The summed E-state index contributed by atoms with van der Waals surface area (Å²) in [6.45, 7) is 7.57. The van der Waals surface area contributed by atoms with E-state index in [0.717, 1.165) is 5.75 Å². The van der Waals surface area contributed by atoms with Crippen molar-refractivity contribution in [3.8, 4) is 0 Å². The van der Waals surface area contributed by atoms with Crippen molar-refractivity contribution >= 4 is 16.9 Å². The Labute approximate surface area is 78.7 Å². The Bertz CT molecular complexity index is 145. The van der Waals surface area contributed by atoms with Crippen molar-refractivity contribution in [1.82, 2.24) is 0 Å². The number of rotatable bonds is 4. The summed E-state index contributed by atoms with van der Waals surface area (Å²) >= 11 is 1.29. The molecule has 0 fully saturated rings. The van der Waals surface area contributed by atoms with E-state index < -0.39 is 6.10 Å². The molecule has 0 spiro atoms. The summed E-state index contributed by atoms with van der Waals surface area (Å²) in [6.07, 6.45) is -0.503. The van der Waals surface area contributed by atoms with Gasteiger partial charge in [-0.25, -0.2) is 0 Å². The third kappa shape index (κ3) is 3.59. The zero-order valence-electron chi connectivity index (χ0n) is 8.20. The Morgan fingerprint density at radius 3 is 2.25 bits per heavy atom. The van der Waals surface area contributed by atoms with Gasteiger partial charge in [-0.3, -0.25) is 4.79 Å². The Balaban J connectivity index is 4.00. The van der Waals surface area contributed by atoms with Gasteiger partial charge >= 0.3 is 0 Å². The summed E-state index contributed by atoms with van der Waals surface area (Å²) < 4.78 is 0. The number of aliphatic hydroxyl groups excluding tert-OH is 1. The van der Waals surface area contributed by atoms with E-state index in [1.165, 1.54) is 11.8 Å². The molecule has 0 rings (SSSR count). The predicted molar refractivity (Wildman–Crippen MR) is 53.1 cm³/mol. The van der Waals surface area contributed by atoms with Crippen molar-refractivity contribution in [3.63, 3.8) is 0 Å². The maximum atomic E-state index is 11.3. The Hall–Kier alpha value is -0.0200. The summed E-state index contributed by atoms with van der Waals surface area (Å²) in [5, 5.41) is 9.65. The summed E-state index contributed by atoms with van der Waals surface area (Å²) in [4.78, 5) is 11.3. The number of aliphatic hydroxyl groups is 1. The van der Waals surface area contributed by atoms with Crippen LogP contribution in [0, 0.1) is 11.8 Å². The highest BCUT2D eigenvalue weighted by Gasteiger charge is 2.23. The van der Waals surface area contributed by atoms with E-state index in [2.05, 4.69) is 0 Å². The second kappa shape index (κ2) is 5.60. The average molecular weight is 190 g/mol. The zero-order chi connectivity index (χ0) is 9.72. The third-order valence-electron chi connectivity index (χ3n) is 1.85. The summed E-state index contributed by atoms with van der Waals surface area (Å²) in [5.74, 6) is 0.699. The van der Waals surface area contributed by atoms with Crippen molar-refractivity contribution < 1.29 is 9.90 Å². The highest BCUT2D eigenvalue weighted by atomic mass is 32.2. The van der Waals surface area contributed by atoms with Crippen LogP contribution in [-0.2, 0) is 4.79 Å². The first kappa shape index (κ1) is 12.0. The molecule has 0 aromatic rings. The van der Waals surface area contributed by atoms with Gasteiger partial charge in [-0.05, 0) is 11.7 Å². The lowest BCUT2D eigenvalue weighted by molar-refractivity contribution is -0.117. The van der Waals surface area contributed by atoms with Crippen molar-refractivity contribution in [3.05, 3.63) is 0 Å². The highest BCUT2D eigenvalue weighted by Crippen LogP contribution is 2.18. The molecule has 0 bridgehead atoms. The minimum atomic E-state index is -0.503. The average Bonchev–Trinajstić information content (AvgIpc) is 2.02. The molecular weight excluding hydrogens is 172 g/mol. The van der Waals surface area contributed by atoms with Crippen LogP contribution in [0.3, 0.4) is 0 Å². The normalized spacial score (nSPS) is 16.2. The molecule has 2 nitrogen and oxygen atoms in total. The van der Waals surface area contributed by atoms with Gasteiger partial charge in [0.2, 0.25) is 0 Å². The van der Waals surface area contributed by atoms with Crippen molar-refractivity contribution in [1.29, 1.82) is 0 Å². The number of hydrogen-bond acceptors (Lipinski definition) is 3. The van der Waals surface area contributed by atoms with Gasteiger partial charge in [-0.1, -0.05) is 39.5 Å². The molecule has 1 N–H and O–H groups in total. The van der Waals surface area contributed by atoms with Crippen LogP contribution in [0.25, 0.3) is 0 Å². The maximum absolute atomic E-state index is 11.3. The molecule has 0 aromatic heterocycles. The molecule has 0 aliphatic heterocycles. The molecule has 0 aliphatic carbocycles. The first-order valence-electron chi connectivity index (χ1n) is 4.35. The number of hydrogen-bond donors (Lipinski definition) is 1. The van der Waals surface area contributed by atoms with Crippen molar-refractivity contribution in [2.24, 2.45) is 11.8 Å². The van der Waals surface area contributed by atoms with Gasteiger partial charge in [0.1, 0.15) is 0 Å². The molecule has 0 saturated heterocycles. The van der Waals surface area contributed by atoms with E-state index in [0.29, 0.717) is 0 Å². The quantitative estimate of drug-likeness (QED) is 0.736. The third-order valence-corrected chi connectivity index (χ3v) is 2.80. The molecule has 72 valence electrons. The second-order valence-electron chi connectivity index (χ2n) is 3.28. The molecule has 0 heterocycles. The van der Waals surface area contributed by atoms with E-state index in [-0.39, 0.29) is 17.0 Å². The van der Waals surface area contributed by atoms with Gasteiger partial charge in [-0.2, -0.15) is 0 Å². The van der Waals surface area contributed by atoms with E-state index in [1.54, 1.807) is 6.92 Å². The number of carbonyl (C=O) groups excluding carboxylic acids is 1. The summed E-state index contributed by atoms with van der Waals surface area (Å²) in [6, 6.07) is 0. The lowest BCUT2D eigenvalue weighted by atomic mass is 9.96. The molecule has 2 atom stereocenters. The summed E-state index contributed by atoms with van der Waals surface area (Å²) in [7, 11) is 0. The van der Waals surface area contributed by atoms with Gasteiger partial charge in [0.25, 0.3) is 0 Å². The van der Waals surface area contributed by atoms with E-state index in [1.807, 2.05) is 20.8 Å². The van der Waals surface area contributed by atoms with Crippen LogP contribution in [0.5, 0.6) is 0 Å². The van der Waals surface area contributed by atoms with E-state index in [4.69, 9.17) is 0 Å². The zero-order valence-corrected chi connectivity index (χ0v) is 9.02. The van der Waals surface area contributed by atoms with Crippen LogP contribution >= 0.6 is 11.8 Å². The molecule has 2 unspecified atom stereocenters. The van der Waals surface area contributed by atoms with E-state index in [9.17, 15) is 9.90 Å². The number of thioether (sulfide) groups is 1. The highest BCUT2D eigenvalue weighted by molar-refractivity contribution is 8.13. The van der Waals surface area contributed by atoms with Crippen LogP contribution < -0.4 is 0 Å². The predicted octanol–water partition coefficient (Wildman–Crippen LogP) is 1.92. The minimum absolute atomic E-state index is 0.0960. The largest absolute Gasteiger partial charge is 0.392 e. The Kier molecular flexibility index (Phi) is 5.59. The molecular formula is C9H18O2S. The van der Waals surface area contributed by atoms with Crippen LogP contribution in [0.2, 0.25) is 0 Å². The smallest absolute Gasteiger partial charge is 0.194 e. The molecule has 12 heavy (non-hydrogen) atoms. The van der Waals surface area contributed by atoms with Crippen molar-refractivity contribution in [2.75, 3.05) is 5.75 Å². The van der Waals surface area contributed by atoms with Crippen molar-refractivity contribution in [2.45, 2.75) is 33.8 Å². The maximum Gasteiger partial charge on any atom is 0.194 e. The minimum Gasteiger partial charge on any atom is -0.392 e. The topological polar surface area (TPSA) is 37.3 Å². The monoisotopic (exact) mass is 190 g/mol. The van der Waals surface area contributed by atoms with Crippen LogP contribution in [0.1, 0.15) is 27.7 Å². The first-order chi connectivity index (χ1) is 5.50. The second-order valence-corrected chi connectivity index (χ2v) is 4.54. The summed E-state index contributed by atoms with van der Waals surface area (Å²) in [5.41, 5.74) is 0. The van der Waals surface area contributed by atoms with Crippen LogP contribution in [0.15, 0.2) is 0 Å². The fourth-order valence-corrected chi connectivity index (χ4v) is 1.68. The van der Waals surface area contributed by atoms with Gasteiger partial charge < -0.3 is 5.11 Å². The molecule has 0 aromatic carbocycles. The van der Waals surface area contributed by atoms with Crippen LogP contribution in [0.4, 0.5) is 0 Å². The van der Waals surface area contributed by atoms with Gasteiger partial charge in [-0.15, -0.1) is 0 Å². The first-order valence-corrected chi connectivity index (χ1v) is 5.34. The Morgan fingerprint density at radius 1 is 1.42 bits per heavy atom. The lowest BCUT2D eigenvalue weighted by Crippen LogP contribution is -2.28. The van der Waals surface area contributed by atoms with Crippen LogP contribution in [-0.4, -0.2) is 22.1 Å². The Morgan fingerprint density at radius 2 is 1.92 bits per heavy atom. The lowest BCUT2D eigenvalue weighted by Gasteiger charge is -2.20. The fraction of sp³-hybridized carbons (Fsp3) is 0.889. The standard InChI is InChI=1S/C9H18O2S/c1-5-12-9(11)7(4)8(10)6(2)3/h6-8,10H,5H2,1-4H3. The molecule has 3 heteroatoms. The molecule has 0 radical (unpaired) electrons. The SMILES string of the molecule is CCSC(=O)C(C)C(O)C(C)C. The van der Waals surface area contributed by atoms with Gasteiger partial charge in [0, 0.05) is 0 Å². The van der Waals surface area contributed by atoms with Gasteiger partial charge in [0.05, 0.1) is 12.0 Å². The fourth-order valence-electron chi connectivity index (χ4n) is 0.990.